The molecule has 186 valence electrons. The monoisotopic (exact) mass is 508 g/mol. The maximum absolute atomic E-state index is 14.5. The number of halogens is 11. The summed E-state index contributed by atoms with van der Waals surface area (Å²) in [5.41, 5.74) is -4.48. The van der Waals surface area contributed by atoms with Gasteiger partial charge in [0.05, 0.1) is 5.56 Å². The number of hydrogen-bond acceptors (Lipinski definition) is 3. The Morgan fingerprint density at radius 3 is 1.88 bits per heavy atom. The summed E-state index contributed by atoms with van der Waals surface area (Å²) in [5, 5.41) is 0. The van der Waals surface area contributed by atoms with Gasteiger partial charge in [-0.05, 0) is 35.9 Å². The second kappa shape index (κ2) is 9.89. The predicted molar refractivity (Wildman–Crippen MR) is 94.0 cm³/mol. The van der Waals surface area contributed by atoms with Gasteiger partial charge in [-0.15, -0.1) is 0 Å². The fourth-order valence-electron chi connectivity index (χ4n) is 2.63. The van der Waals surface area contributed by atoms with Crippen molar-refractivity contribution in [2.45, 2.75) is 18.5 Å². The van der Waals surface area contributed by atoms with E-state index in [0.29, 0.717) is 24.3 Å². The van der Waals surface area contributed by atoms with Gasteiger partial charge in [-0.3, -0.25) is 4.79 Å². The zero-order valence-electron chi connectivity index (χ0n) is 16.3. The van der Waals surface area contributed by atoms with Gasteiger partial charge >= 0.3 is 18.5 Å². The van der Waals surface area contributed by atoms with Crippen LogP contribution in [0.4, 0.5) is 48.3 Å². The number of alkyl halides is 9. The molecule has 0 saturated heterocycles. The Hall–Kier alpha value is -3.32. The molecule has 0 aliphatic rings. The smallest absolute Gasteiger partial charge is 0.422 e. The van der Waals surface area contributed by atoms with E-state index in [9.17, 15) is 53.1 Å². The third-order valence-electron chi connectivity index (χ3n) is 3.95. The van der Waals surface area contributed by atoms with Gasteiger partial charge in [0.15, 0.2) is 24.8 Å². The van der Waals surface area contributed by atoms with Crippen molar-refractivity contribution in [3.05, 3.63) is 64.7 Å². The predicted octanol–water partition coefficient (Wildman–Crippen LogP) is 6.50. The second-order valence-corrected chi connectivity index (χ2v) is 6.47. The van der Waals surface area contributed by atoms with Crippen molar-refractivity contribution >= 4 is 11.9 Å². The van der Waals surface area contributed by atoms with Crippen molar-refractivity contribution in [1.82, 2.24) is 0 Å². The first-order chi connectivity index (χ1) is 15.5. The summed E-state index contributed by atoms with van der Waals surface area (Å²) in [6.45, 7) is -3.77. The Morgan fingerprint density at radius 2 is 1.35 bits per heavy atom. The molecule has 2 aromatic rings. The van der Waals surface area contributed by atoms with Crippen LogP contribution < -0.4 is 9.47 Å². The quantitative estimate of drug-likeness (QED) is 0.244. The molecule has 0 aliphatic carbocycles. The van der Waals surface area contributed by atoms with E-state index in [2.05, 4.69) is 9.47 Å². The number of carbonyl (C=O) groups is 1. The fraction of sp³-hybridized carbons (Fsp3) is 0.250. The van der Waals surface area contributed by atoms with Crippen LogP contribution in [0.5, 0.6) is 11.5 Å². The highest BCUT2D eigenvalue weighted by atomic mass is 19.4. The van der Waals surface area contributed by atoms with Crippen LogP contribution in [-0.4, -0.2) is 31.9 Å². The molecule has 0 saturated carbocycles. The molecule has 0 N–H and O–H groups in total. The third-order valence-corrected chi connectivity index (χ3v) is 3.95. The summed E-state index contributed by atoms with van der Waals surface area (Å²) in [7, 11) is 0. The molecule has 0 radical (unpaired) electrons. The molecular formula is C20H11F11O3. The van der Waals surface area contributed by atoms with Crippen LogP contribution >= 0.6 is 0 Å². The maximum atomic E-state index is 14.5. The van der Waals surface area contributed by atoms with Crippen LogP contribution in [0.2, 0.25) is 0 Å². The van der Waals surface area contributed by atoms with Gasteiger partial charge in [0.1, 0.15) is 17.8 Å². The number of hydrogen-bond donors (Lipinski definition) is 0. The second-order valence-electron chi connectivity index (χ2n) is 6.47. The minimum atomic E-state index is -5.30. The highest BCUT2D eigenvalue weighted by Crippen LogP contribution is 2.39. The van der Waals surface area contributed by atoms with Crippen molar-refractivity contribution in [3.8, 4) is 11.5 Å². The molecule has 0 amide bonds. The molecule has 0 unspecified atom stereocenters. The first kappa shape index (κ1) is 26.9. The normalized spacial score (nSPS) is 13.1. The minimum absolute atomic E-state index is 0.0544. The molecule has 0 atom stereocenters. The van der Waals surface area contributed by atoms with Crippen LogP contribution in [-0.2, 0) is 11.0 Å². The molecule has 0 spiro atoms. The average molecular weight is 508 g/mol. The molecule has 0 aromatic heterocycles. The van der Waals surface area contributed by atoms with Gasteiger partial charge in [0.2, 0.25) is 0 Å². The van der Waals surface area contributed by atoms with Crippen molar-refractivity contribution < 1.29 is 62.6 Å². The topological polar surface area (TPSA) is 35.5 Å². The fourth-order valence-corrected chi connectivity index (χ4v) is 2.63. The zero-order chi connectivity index (χ0) is 25.9. The van der Waals surface area contributed by atoms with E-state index in [-0.39, 0.29) is 12.4 Å². The summed E-state index contributed by atoms with van der Waals surface area (Å²) in [6.07, 6.45) is -14.6. The molecule has 2 aromatic carbocycles. The Labute approximate surface area is 183 Å². The van der Waals surface area contributed by atoms with Crippen LogP contribution in [0.25, 0.3) is 5.57 Å². The van der Waals surface area contributed by atoms with Gasteiger partial charge in [-0.1, -0.05) is 6.07 Å². The molecule has 14 heteroatoms. The van der Waals surface area contributed by atoms with Gasteiger partial charge in [-0.2, -0.15) is 39.5 Å². The number of rotatable bonds is 7. The highest BCUT2D eigenvalue weighted by Gasteiger charge is 2.37. The number of ether oxygens (including phenoxy) is 2. The largest absolute Gasteiger partial charge is 0.484 e. The molecule has 0 aliphatic heterocycles. The number of benzene rings is 2. The van der Waals surface area contributed by atoms with Crippen LogP contribution in [0.1, 0.15) is 16.7 Å². The highest BCUT2D eigenvalue weighted by molar-refractivity contribution is 5.92. The van der Waals surface area contributed by atoms with E-state index in [1.54, 1.807) is 0 Å². The average Bonchev–Trinajstić information content (AvgIpc) is 2.69. The van der Waals surface area contributed by atoms with E-state index >= 15 is 0 Å². The van der Waals surface area contributed by atoms with Gasteiger partial charge < -0.3 is 9.47 Å². The summed E-state index contributed by atoms with van der Waals surface area (Å²) in [4.78, 5) is 11.1. The Kier molecular flexibility index (Phi) is 7.83. The van der Waals surface area contributed by atoms with Gasteiger partial charge in [0, 0.05) is 11.1 Å². The molecule has 34 heavy (non-hydrogen) atoms. The molecule has 0 heterocycles. The lowest BCUT2D eigenvalue weighted by atomic mass is 9.94. The summed E-state index contributed by atoms with van der Waals surface area (Å²) in [6, 6.07) is 2.61. The lowest BCUT2D eigenvalue weighted by Crippen LogP contribution is -2.20. The Bertz CT molecular complexity index is 1070. The summed E-state index contributed by atoms with van der Waals surface area (Å²) >= 11 is 0. The van der Waals surface area contributed by atoms with Crippen LogP contribution in [0.15, 0.2) is 36.4 Å². The molecule has 0 fully saturated rings. The van der Waals surface area contributed by atoms with Crippen molar-refractivity contribution in [3.63, 3.8) is 0 Å². The summed E-state index contributed by atoms with van der Waals surface area (Å²) in [5.74, 6) is -5.88. The van der Waals surface area contributed by atoms with Gasteiger partial charge in [0.25, 0.3) is 0 Å². The van der Waals surface area contributed by atoms with Crippen molar-refractivity contribution in [1.29, 1.82) is 0 Å². The SMILES string of the molecule is O=CC=C(c1cc(OCC(F)(F)F)ccc1OCC(F)(F)F)c1ccc(C(F)(F)F)c(F)c1F. The standard InChI is InChI=1S/C20H11F11O3/c21-16-12(2-3-14(17(16)22)20(29,30)31)11(5-6-32)13-7-10(33-8-18(23,24)25)1-4-15(13)34-9-19(26,27)28/h1-7H,8-9H2. The minimum Gasteiger partial charge on any atom is -0.484 e. The lowest BCUT2D eigenvalue weighted by Gasteiger charge is -2.18. The van der Waals surface area contributed by atoms with Gasteiger partial charge in [-0.25, -0.2) is 8.78 Å². The first-order valence-electron chi connectivity index (χ1n) is 8.78. The number of allylic oxidation sites excluding steroid dienone is 1. The van der Waals surface area contributed by atoms with E-state index in [0.717, 1.165) is 6.07 Å². The summed E-state index contributed by atoms with van der Waals surface area (Å²) < 4.78 is 151. The number of carbonyl (C=O) groups excluding carboxylic acids is 1. The Balaban J connectivity index is 2.67. The van der Waals surface area contributed by atoms with E-state index in [4.69, 9.17) is 0 Å². The first-order valence-corrected chi connectivity index (χ1v) is 8.78. The van der Waals surface area contributed by atoms with Crippen LogP contribution in [0, 0.1) is 11.6 Å². The maximum Gasteiger partial charge on any atom is 0.422 e. The van der Waals surface area contributed by atoms with E-state index in [1.165, 1.54) is 0 Å². The molecule has 3 nitrogen and oxygen atoms in total. The molecular weight excluding hydrogens is 497 g/mol. The zero-order valence-corrected chi connectivity index (χ0v) is 16.3. The lowest BCUT2D eigenvalue weighted by molar-refractivity contribution is -0.154. The third kappa shape index (κ3) is 7.09. The van der Waals surface area contributed by atoms with Crippen LogP contribution in [0.3, 0.4) is 0 Å². The van der Waals surface area contributed by atoms with Crippen molar-refractivity contribution in [2.24, 2.45) is 0 Å². The number of aldehydes is 1. The Morgan fingerprint density at radius 1 is 0.765 bits per heavy atom. The molecule has 2 rings (SSSR count). The van der Waals surface area contributed by atoms with E-state index < -0.39 is 77.1 Å². The van der Waals surface area contributed by atoms with E-state index in [1.807, 2.05) is 0 Å². The molecule has 0 bridgehead atoms. The van der Waals surface area contributed by atoms with Crippen molar-refractivity contribution in [2.75, 3.05) is 13.2 Å².